The molecule has 1 aromatic carbocycles. The predicted octanol–water partition coefficient (Wildman–Crippen LogP) is 3.18. The Kier molecular flexibility index (Phi) is 4.42. The molecule has 0 saturated heterocycles. The molecular formula is C19H20N4O. The van der Waals surface area contributed by atoms with Crippen LogP contribution in [0.15, 0.2) is 48.8 Å². The van der Waals surface area contributed by atoms with Crippen LogP contribution in [0.3, 0.4) is 0 Å². The van der Waals surface area contributed by atoms with Gasteiger partial charge in [-0.3, -0.25) is 14.2 Å². The molecule has 0 aliphatic rings. The van der Waals surface area contributed by atoms with Crippen LogP contribution in [0, 0.1) is 13.8 Å². The zero-order chi connectivity index (χ0) is 17.1. The molecule has 122 valence electrons. The fourth-order valence-electron chi connectivity index (χ4n) is 2.71. The Morgan fingerprint density at radius 1 is 1.21 bits per heavy atom. The Hall–Kier alpha value is -2.95. The molecule has 0 aliphatic heterocycles. The molecule has 0 spiro atoms. The summed E-state index contributed by atoms with van der Waals surface area (Å²) in [6.45, 7) is 4.47. The summed E-state index contributed by atoms with van der Waals surface area (Å²) in [5.74, 6) is -0.0334. The van der Waals surface area contributed by atoms with Gasteiger partial charge in [0, 0.05) is 24.5 Å². The van der Waals surface area contributed by atoms with Gasteiger partial charge in [0.05, 0.1) is 24.0 Å². The average molecular weight is 320 g/mol. The van der Waals surface area contributed by atoms with Gasteiger partial charge in [0.25, 0.3) is 0 Å². The van der Waals surface area contributed by atoms with Gasteiger partial charge >= 0.3 is 0 Å². The van der Waals surface area contributed by atoms with Crippen molar-refractivity contribution in [3.8, 4) is 0 Å². The minimum absolute atomic E-state index is 0.0334. The summed E-state index contributed by atoms with van der Waals surface area (Å²) < 4.78 is 3.59. The van der Waals surface area contributed by atoms with E-state index in [4.69, 9.17) is 0 Å². The molecule has 0 N–H and O–H groups in total. The lowest BCUT2D eigenvalue weighted by molar-refractivity contribution is 0.104. The van der Waals surface area contributed by atoms with Gasteiger partial charge in [0.2, 0.25) is 0 Å². The molecule has 0 bridgehead atoms. The molecule has 0 amide bonds. The van der Waals surface area contributed by atoms with Crippen molar-refractivity contribution in [2.75, 3.05) is 0 Å². The van der Waals surface area contributed by atoms with Crippen LogP contribution in [-0.4, -0.2) is 25.3 Å². The van der Waals surface area contributed by atoms with Crippen molar-refractivity contribution < 1.29 is 4.79 Å². The highest BCUT2D eigenvalue weighted by Gasteiger charge is 2.14. The van der Waals surface area contributed by atoms with E-state index >= 15 is 0 Å². The molecule has 5 nitrogen and oxygen atoms in total. The second-order valence-electron chi connectivity index (χ2n) is 5.82. The Morgan fingerprint density at radius 2 is 1.96 bits per heavy atom. The number of rotatable bonds is 5. The third-order valence-corrected chi connectivity index (χ3v) is 4.02. The van der Waals surface area contributed by atoms with Crippen molar-refractivity contribution in [2.45, 2.75) is 20.4 Å². The van der Waals surface area contributed by atoms with Crippen molar-refractivity contribution in [3.63, 3.8) is 0 Å². The van der Waals surface area contributed by atoms with Gasteiger partial charge in [-0.2, -0.15) is 10.2 Å². The first-order chi connectivity index (χ1) is 11.5. The quantitative estimate of drug-likeness (QED) is 0.536. The van der Waals surface area contributed by atoms with Gasteiger partial charge < -0.3 is 0 Å². The van der Waals surface area contributed by atoms with E-state index in [1.165, 1.54) is 5.56 Å². The second kappa shape index (κ2) is 6.66. The van der Waals surface area contributed by atoms with Crippen LogP contribution >= 0.6 is 0 Å². The number of aryl methyl sites for hydroxylation is 2. The van der Waals surface area contributed by atoms with Gasteiger partial charge in [-0.05, 0) is 31.6 Å². The Bertz CT molecular complexity index is 887. The van der Waals surface area contributed by atoms with Crippen LogP contribution in [0.1, 0.15) is 32.9 Å². The standard InChI is InChI=1S/C19H20N4O/c1-14-19(15(2)22(3)21-14)18(24)10-9-17-11-20-23(13-17)12-16-7-5-4-6-8-16/h4-11,13H,12H2,1-3H3. The first-order valence-corrected chi connectivity index (χ1v) is 7.83. The minimum atomic E-state index is -0.0334. The summed E-state index contributed by atoms with van der Waals surface area (Å²) in [6.07, 6.45) is 7.07. The molecule has 0 radical (unpaired) electrons. The molecule has 2 heterocycles. The van der Waals surface area contributed by atoms with Crippen molar-refractivity contribution in [3.05, 3.63) is 76.9 Å². The van der Waals surface area contributed by atoms with Crippen molar-refractivity contribution >= 4 is 11.9 Å². The summed E-state index contributed by atoms with van der Waals surface area (Å²) >= 11 is 0. The van der Waals surface area contributed by atoms with Gasteiger partial charge in [-0.25, -0.2) is 0 Å². The van der Waals surface area contributed by atoms with Crippen LogP contribution in [0.2, 0.25) is 0 Å². The summed E-state index contributed by atoms with van der Waals surface area (Å²) in [5.41, 5.74) is 4.39. The van der Waals surface area contributed by atoms with E-state index < -0.39 is 0 Å². The summed E-state index contributed by atoms with van der Waals surface area (Å²) in [5, 5.41) is 8.62. The van der Waals surface area contributed by atoms with Gasteiger partial charge in [-0.15, -0.1) is 0 Å². The third-order valence-electron chi connectivity index (χ3n) is 4.02. The average Bonchev–Trinajstić information content (AvgIpc) is 3.11. The van der Waals surface area contributed by atoms with E-state index in [1.807, 2.05) is 50.0 Å². The summed E-state index contributed by atoms with van der Waals surface area (Å²) in [6, 6.07) is 10.1. The smallest absolute Gasteiger partial charge is 0.189 e. The maximum atomic E-state index is 12.4. The van der Waals surface area contributed by atoms with Crippen LogP contribution < -0.4 is 0 Å². The van der Waals surface area contributed by atoms with E-state index in [9.17, 15) is 4.79 Å². The predicted molar refractivity (Wildman–Crippen MR) is 93.8 cm³/mol. The number of allylic oxidation sites excluding steroid dienone is 1. The lowest BCUT2D eigenvalue weighted by atomic mass is 10.1. The number of benzene rings is 1. The van der Waals surface area contributed by atoms with E-state index in [0.717, 1.165) is 17.0 Å². The summed E-state index contributed by atoms with van der Waals surface area (Å²) in [7, 11) is 1.84. The largest absolute Gasteiger partial charge is 0.289 e. The Labute approximate surface area is 141 Å². The van der Waals surface area contributed by atoms with Crippen molar-refractivity contribution in [1.82, 2.24) is 19.6 Å². The zero-order valence-electron chi connectivity index (χ0n) is 14.1. The van der Waals surface area contributed by atoms with Gasteiger partial charge in [0.1, 0.15) is 0 Å². The molecule has 3 rings (SSSR count). The van der Waals surface area contributed by atoms with E-state index in [0.29, 0.717) is 12.1 Å². The first-order valence-electron chi connectivity index (χ1n) is 7.83. The van der Waals surface area contributed by atoms with Crippen LogP contribution in [0.5, 0.6) is 0 Å². The first kappa shape index (κ1) is 15.9. The molecule has 5 heteroatoms. The van der Waals surface area contributed by atoms with E-state index in [1.54, 1.807) is 23.0 Å². The molecule has 24 heavy (non-hydrogen) atoms. The highest BCUT2D eigenvalue weighted by Crippen LogP contribution is 2.14. The molecule has 0 unspecified atom stereocenters. The fraction of sp³-hybridized carbons (Fsp3) is 0.211. The van der Waals surface area contributed by atoms with Crippen LogP contribution in [0.25, 0.3) is 6.08 Å². The SMILES string of the molecule is Cc1nn(C)c(C)c1C(=O)C=Cc1cnn(Cc2ccccc2)c1. The number of aromatic nitrogens is 4. The van der Waals surface area contributed by atoms with Gasteiger partial charge in [0.15, 0.2) is 5.78 Å². The van der Waals surface area contributed by atoms with Crippen molar-refractivity contribution in [2.24, 2.45) is 7.05 Å². The highest BCUT2D eigenvalue weighted by molar-refractivity contribution is 6.08. The Balaban J connectivity index is 1.72. The van der Waals surface area contributed by atoms with Crippen molar-refractivity contribution in [1.29, 1.82) is 0 Å². The number of carbonyl (C=O) groups is 1. The topological polar surface area (TPSA) is 52.7 Å². The third kappa shape index (κ3) is 3.35. The van der Waals surface area contributed by atoms with Crippen LogP contribution in [0.4, 0.5) is 0 Å². The van der Waals surface area contributed by atoms with Gasteiger partial charge in [-0.1, -0.05) is 30.3 Å². The fourth-order valence-corrected chi connectivity index (χ4v) is 2.71. The molecule has 2 aromatic heterocycles. The molecule has 0 aliphatic carbocycles. The molecule has 0 fully saturated rings. The Morgan fingerprint density at radius 3 is 2.62 bits per heavy atom. The highest BCUT2D eigenvalue weighted by atomic mass is 16.1. The zero-order valence-corrected chi connectivity index (χ0v) is 14.1. The number of nitrogens with zero attached hydrogens (tertiary/aromatic N) is 4. The van der Waals surface area contributed by atoms with E-state index in [2.05, 4.69) is 22.3 Å². The minimum Gasteiger partial charge on any atom is -0.289 e. The maximum Gasteiger partial charge on any atom is 0.189 e. The monoisotopic (exact) mass is 320 g/mol. The van der Waals surface area contributed by atoms with E-state index in [-0.39, 0.29) is 5.78 Å². The number of ketones is 1. The molecular weight excluding hydrogens is 300 g/mol. The number of hydrogen-bond donors (Lipinski definition) is 0. The maximum absolute atomic E-state index is 12.4. The normalized spacial score (nSPS) is 11.3. The lowest BCUT2D eigenvalue weighted by Gasteiger charge is -2.00. The van der Waals surface area contributed by atoms with Crippen LogP contribution in [-0.2, 0) is 13.6 Å². The lowest BCUT2D eigenvalue weighted by Crippen LogP contribution is -1.99. The second-order valence-corrected chi connectivity index (χ2v) is 5.82. The molecule has 0 atom stereocenters. The number of hydrogen-bond acceptors (Lipinski definition) is 3. The molecule has 3 aromatic rings. The summed E-state index contributed by atoms with van der Waals surface area (Å²) in [4.78, 5) is 12.4. The number of carbonyl (C=O) groups excluding carboxylic acids is 1. The molecule has 0 saturated carbocycles.